The Morgan fingerprint density at radius 1 is 0.434 bits per heavy atom. The number of non-ortho nitro benzene ring substituents is 3. The van der Waals surface area contributed by atoms with Gasteiger partial charge < -0.3 is 56.3 Å². The molecule has 0 atom stereocenters. The van der Waals surface area contributed by atoms with Crippen molar-refractivity contribution in [2.24, 2.45) is 10.3 Å². The first kappa shape index (κ1) is 82.9. The Morgan fingerprint density at radius 2 is 0.805 bits per heavy atom. The molecule has 0 saturated heterocycles. The van der Waals surface area contributed by atoms with Crippen LogP contribution in [-0.2, 0) is 66.6 Å². The molecule has 17 rings (SSSR count). The molecular formula is C79H75ClN15O15PdS2-. The molecule has 0 saturated carbocycles. The Kier molecular flexibility index (Phi) is 26.8. The van der Waals surface area contributed by atoms with E-state index in [0.29, 0.717) is 10.7 Å². The van der Waals surface area contributed by atoms with E-state index >= 15 is 0 Å². The van der Waals surface area contributed by atoms with Crippen molar-refractivity contribution in [1.29, 1.82) is 0 Å². The summed E-state index contributed by atoms with van der Waals surface area (Å²) in [5.74, 6) is 3.08. The van der Waals surface area contributed by atoms with Gasteiger partial charge in [-0.3, -0.25) is 55.0 Å². The molecule has 0 radical (unpaired) electrons. The Balaban J connectivity index is 0.000000147. The number of hydrogen-bond acceptors (Lipinski definition) is 24. The Labute approximate surface area is 668 Å². The summed E-state index contributed by atoms with van der Waals surface area (Å²) in [6, 6.07) is 57.2. The number of aromatic nitrogens is 4. The second-order valence-corrected chi connectivity index (χ2v) is 27.9. The van der Waals surface area contributed by atoms with Crippen LogP contribution in [0.2, 0.25) is 5.02 Å². The van der Waals surface area contributed by atoms with Gasteiger partial charge in [0.25, 0.3) is 27.3 Å². The number of hydrogen-bond donors (Lipinski definition) is 5. The molecule has 0 bridgehead atoms. The predicted molar refractivity (Wildman–Crippen MR) is 436 cm³/mol. The molecule has 0 spiro atoms. The number of nitrogens with zero attached hydrogens (tertiary/aromatic N) is 10. The summed E-state index contributed by atoms with van der Waals surface area (Å²) in [7, 11) is -1.29. The minimum atomic E-state index is -4.08. The number of anilines is 9. The van der Waals surface area contributed by atoms with Gasteiger partial charge in [0.1, 0.15) is 28.7 Å². The maximum absolute atomic E-state index is 11.2. The van der Waals surface area contributed by atoms with Gasteiger partial charge in [0.05, 0.1) is 93.0 Å². The fraction of sp³-hybridized carbons (Fsp3) is 0.152. The number of rotatable bonds is 14. The monoisotopic (exact) mass is 1680 g/mol. The molecule has 9 aromatic carbocycles. The van der Waals surface area contributed by atoms with Crippen molar-refractivity contribution >= 4 is 144 Å². The number of fused-ring (bicyclic) bond motifs is 8. The van der Waals surface area contributed by atoms with Crippen LogP contribution in [0.1, 0.15) is 22.3 Å². The zero-order valence-corrected chi connectivity index (χ0v) is 65.2. The normalized spacial score (nSPS) is 12.5. The van der Waals surface area contributed by atoms with Gasteiger partial charge in [-0.15, -0.1) is 0 Å². The van der Waals surface area contributed by atoms with Crippen molar-refractivity contribution < 1.29 is 75.2 Å². The minimum absolute atomic E-state index is 0. The van der Waals surface area contributed by atoms with E-state index in [1.165, 1.54) is 23.0 Å². The molecule has 0 fully saturated rings. The molecule has 113 heavy (non-hydrogen) atoms. The quantitative estimate of drug-likeness (QED) is 0.0222. The summed E-state index contributed by atoms with van der Waals surface area (Å²) >= 11 is 5.97. The van der Waals surface area contributed by atoms with Gasteiger partial charge in [0.15, 0.2) is 0 Å². The molecule has 34 heteroatoms. The van der Waals surface area contributed by atoms with E-state index in [9.17, 15) is 47.2 Å². The van der Waals surface area contributed by atoms with Crippen molar-refractivity contribution in [3.8, 4) is 28.7 Å². The summed E-state index contributed by atoms with van der Waals surface area (Å²) in [5, 5.41) is 49.2. The molecule has 8 heterocycles. The van der Waals surface area contributed by atoms with Gasteiger partial charge in [-0.1, -0.05) is 11.6 Å². The summed E-state index contributed by atoms with van der Waals surface area (Å²) in [6.07, 6.45) is 10.6. The van der Waals surface area contributed by atoms with Crippen molar-refractivity contribution in [2.45, 2.75) is 25.7 Å². The Hall–Kier alpha value is -12.6. The van der Waals surface area contributed by atoms with Crippen molar-refractivity contribution in [2.75, 3.05) is 85.1 Å². The van der Waals surface area contributed by atoms with Gasteiger partial charge >= 0.3 is 10.3 Å². The maximum atomic E-state index is 11.2. The zero-order valence-electron chi connectivity index (χ0n) is 61.3. The third-order valence-corrected chi connectivity index (χ3v) is 19.5. The first-order chi connectivity index (χ1) is 53.3. The van der Waals surface area contributed by atoms with E-state index in [1.807, 2.05) is 109 Å². The Bertz CT molecular complexity index is 5950. The van der Waals surface area contributed by atoms with Crippen LogP contribution in [0.5, 0.6) is 28.7 Å². The van der Waals surface area contributed by atoms with Gasteiger partial charge in [0, 0.05) is 182 Å². The van der Waals surface area contributed by atoms with E-state index in [1.54, 1.807) is 83.4 Å². The molecule has 0 aliphatic carbocycles. The minimum Gasteiger partial charge on any atom is -0.497 e. The van der Waals surface area contributed by atoms with Crippen LogP contribution in [0.25, 0.3) is 43.6 Å². The van der Waals surface area contributed by atoms with Crippen LogP contribution in [0.3, 0.4) is 0 Å². The number of nitrogens with one attached hydrogen (secondary N) is 2. The number of pyridine rings is 4. The predicted octanol–water partition coefficient (Wildman–Crippen LogP) is 15.0. The van der Waals surface area contributed by atoms with Crippen LogP contribution in [0.4, 0.5) is 68.2 Å². The van der Waals surface area contributed by atoms with E-state index in [-0.39, 0.29) is 60.5 Å². The fourth-order valence-electron chi connectivity index (χ4n) is 13.1. The third kappa shape index (κ3) is 20.1. The van der Waals surface area contributed by atoms with Crippen LogP contribution in [0.15, 0.2) is 219 Å². The number of methoxy groups -OCH3 is 4. The van der Waals surface area contributed by atoms with Gasteiger partial charge in [-0.2, -0.15) is 22.0 Å². The molecule has 13 aromatic rings. The van der Waals surface area contributed by atoms with Crippen molar-refractivity contribution in [3.05, 3.63) is 284 Å². The molecule has 4 aromatic heterocycles. The van der Waals surface area contributed by atoms with Crippen LogP contribution < -0.4 is 63.9 Å². The second-order valence-electron chi connectivity index (χ2n) is 25.1. The summed E-state index contributed by atoms with van der Waals surface area (Å²) < 4.78 is 70.8. The average Bonchev–Trinajstić information content (AvgIpc) is 1.74. The molecule has 4 aliphatic heterocycles. The van der Waals surface area contributed by atoms with E-state index in [0.717, 1.165) is 194 Å². The smallest absolute Gasteiger partial charge is 0.380 e. The molecular weight excluding hydrogens is 1600 g/mol. The van der Waals surface area contributed by atoms with Crippen molar-refractivity contribution in [3.63, 3.8) is 0 Å². The van der Waals surface area contributed by atoms with Gasteiger partial charge in [-0.05, 0) is 181 Å². The second kappa shape index (κ2) is 36.5. The number of nitrogen functional groups attached to an aromatic ring is 1. The number of nitro groups is 3. The number of nitrogens with two attached hydrogens (primary N) is 3. The van der Waals surface area contributed by atoms with Crippen molar-refractivity contribution in [1.82, 2.24) is 19.9 Å². The van der Waals surface area contributed by atoms with Gasteiger partial charge in [-0.25, -0.2) is 5.14 Å². The van der Waals surface area contributed by atoms with Crippen LogP contribution >= 0.6 is 11.6 Å². The maximum Gasteiger partial charge on any atom is 0.380 e. The topological polar surface area (TPSA) is 407 Å². The molecule has 8 N–H and O–H groups in total. The molecule has 30 nitrogen and oxygen atoms in total. The number of nitro benzene ring substituents is 3. The molecule has 4 aliphatic rings. The van der Waals surface area contributed by atoms with Crippen LogP contribution in [0, 0.1) is 37.8 Å². The zero-order chi connectivity index (χ0) is 78.7. The molecule has 586 valence electrons. The fourth-order valence-corrected chi connectivity index (χ4v) is 14.2. The first-order valence-corrected chi connectivity index (χ1v) is 37.5. The summed E-state index contributed by atoms with van der Waals surface area (Å²) in [6.45, 7) is 3.45. The SMILES string of the molecule is COc1ccc2c(Cl)ccnc2c1.COc1ccc2c(N3CCc4cc(N)ccc43)ccnc2c1.COc1ccc2c(N3CCc4cc(NS(N)(=O)=O)ccc43)ccnc2c1.COc1ccc2c(N3CCc4cc([N+](=O)[O-])ccc43)ccnc2c1.NS(=O)(=O)Oc1ccc([N+](=O)[O-])cc1.O=[N+]([O-])c1ccc2c(c1)CCN2.[CH3-].[Pd]. The summed E-state index contributed by atoms with van der Waals surface area (Å²) in [5.41, 5.74) is 22.9. The third-order valence-electron chi connectivity index (χ3n) is 18.2. The number of halogens is 1. The van der Waals surface area contributed by atoms with Gasteiger partial charge in [0.2, 0.25) is 0 Å². The summed E-state index contributed by atoms with van der Waals surface area (Å²) in [4.78, 5) is 54.5. The Morgan fingerprint density at radius 3 is 1.24 bits per heavy atom. The number of ether oxygens (including phenoxy) is 4. The first-order valence-electron chi connectivity index (χ1n) is 34.1. The average molecular weight is 1680 g/mol. The number of benzene rings is 9. The van der Waals surface area contributed by atoms with E-state index in [2.05, 4.69) is 78.3 Å². The van der Waals surface area contributed by atoms with E-state index in [4.69, 9.17) is 41.4 Å². The largest absolute Gasteiger partial charge is 0.497 e. The van der Waals surface area contributed by atoms with E-state index < -0.39 is 25.4 Å². The molecule has 0 unspecified atom stereocenters. The molecule has 0 amide bonds. The standard InChI is InChI=1S/C18H18N4O3S.C18H15N3O3.C18H17N3O.C10H8ClNO.C8H8N2O2.C6H6N2O5S.CH3.Pd/c1-25-14-3-4-15-16(11-14)20-8-6-18(15)22-9-7-12-10-13(2-5-17(12)22)21-26(19,23)24;1-24-14-3-4-15-16(11-14)19-8-6-18(15)20-9-7-12-10-13(21(22)23)2-5-17(12)20;1-22-14-3-4-15-16(11-14)20-8-6-18(15)21-9-7-12-10-13(19)2-5-17(12)21;1-13-7-2-3-8-9(11)4-5-12-10(8)6-7;11-10(12)7-1-2-8-6(5-7)3-4-9-8;7-14(11,12)13-6-3-1-5(2-4-6)8(9)10;;/h2-6,8,10-11,21H,7,9H2,1H3,(H2,19,23,24);2-6,8,10-11H,7,9H2,1H3;2-6,8,10-11H,7,9,19H2,1H3;2-6H,1H3;1-2,5,9H,3-4H2;1-4H,(H2,7,11,12);1H3;/q;;;;;;-1;. The van der Waals surface area contributed by atoms with Crippen LogP contribution in [-0.4, -0.2) is 106 Å².